The van der Waals surface area contributed by atoms with E-state index >= 15 is 0 Å². The number of rotatable bonds is 8. The average molecular weight is 665 g/mol. The molecule has 0 saturated carbocycles. The number of pyridine rings is 1. The van der Waals surface area contributed by atoms with Crippen LogP contribution in [0.15, 0.2) is 53.3 Å². The highest BCUT2D eigenvalue weighted by atomic mass is 35.5. The van der Waals surface area contributed by atoms with Crippen molar-refractivity contribution in [1.82, 2.24) is 19.3 Å². The molecule has 0 radical (unpaired) electrons. The Bertz CT molecular complexity index is 2020. The predicted octanol–water partition coefficient (Wildman–Crippen LogP) is 3.69. The maximum Gasteiger partial charge on any atom is 0.285 e. The van der Waals surface area contributed by atoms with Crippen molar-refractivity contribution in [2.24, 2.45) is 7.05 Å². The minimum Gasteiger partial charge on any atom is -0.378 e. The van der Waals surface area contributed by atoms with Crippen LogP contribution in [0.3, 0.4) is 0 Å². The largest absolute Gasteiger partial charge is 0.378 e. The number of anilines is 4. The third-order valence-corrected chi connectivity index (χ3v) is 9.49. The van der Waals surface area contributed by atoms with Gasteiger partial charge in [-0.3, -0.25) is 14.2 Å². The minimum atomic E-state index is -3.83. The monoisotopic (exact) mass is 664 g/mol. The summed E-state index contributed by atoms with van der Waals surface area (Å²) in [6.45, 7) is 5.38. The van der Waals surface area contributed by atoms with Gasteiger partial charge in [-0.05, 0) is 68.3 Å². The topological polar surface area (TPSA) is 133 Å². The van der Waals surface area contributed by atoms with E-state index in [0.29, 0.717) is 22.9 Å². The lowest BCUT2D eigenvalue weighted by molar-refractivity contribution is 0.0977. The van der Waals surface area contributed by atoms with Crippen LogP contribution >= 0.6 is 11.6 Å². The molecule has 46 heavy (non-hydrogen) atoms. The number of sulfonamides is 1. The Morgan fingerprint density at radius 1 is 1.04 bits per heavy atom. The van der Waals surface area contributed by atoms with Crippen molar-refractivity contribution in [3.8, 4) is 0 Å². The Hall–Kier alpha value is -4.36. The summed E-state index contributed by atoms with van der Waals surface area (Å²) in [7, 11) is 1.99. The highest BCUT2D eigenvalue weighted by Gasteiger charge is 2.44. The number of carbonyl (C=O) groups is 1. The van der Waals surface area contributed by atoms with E-state index < -0.39 is 22.0 Å². The molecule has 2 N–H and O–H groups in total. The molecule has 3 atom stereocenters. The molecule has 0 unspecified atom stereocenters. The number of halogens is 1. The molecule has 4 heterocycles. The molecule has 242 valence electrons. The normalized spacial score (nSPS) is 18.2. The van der Waals surface area contributed by atoms with Crippen molar-refractivity contribution < 1.29 is 13.2 Å². The lowest BCUT2D eigenvalue weighted by Crippen LogP contribution is -2.48. The third kappa shape index (κ3) is 5.96. The molecule has 2 fully saturated rings. The van der Waals surface area contributed by atoms with Gasteiger partial charge >= 0.3 is 0 Å². The van der Waals surface area contributed by atoms with Crippen molar-refractivity contribution in [3.05, 3.63) is 80.9 Å². The number of aromatic nitrogens is 3. The average Bonchev–Trinajstić information content (AvgIpc) is 3.60. The number of piperazine rings is 1. The lowest BCUT2D eigenvalue weighted by atomic mass is 10.0. The van der Waals surface area contributed by atoms with Crippen LogP contribution < -0.4 is 30.3 Å². The van der Waals surface area contributed by atoms with E-state index in [1.165, 1.54) is 11.8 Å². The van der Waals surface area contributed by atoms with Crippen molar-refractivity contribution >= 4 is 61.4 Å². The third-order valence-electron chi connectivity index (χ3n) is 8.72. The van der Waals surface area contributed by atoms with Gasteiger partial charge in [0, 0.05) is 57.2 Å². The second-order valence-electron chi connectivity index (χ2n) is 12.4. The van der Waals surface area contributed by atoms with E-state index in [-0.39, 0.29) is 28.1 Å². The van der Waals surface area contributed by atoms with Crippen molar-refractivity contribution in [2.75, 3.05) is 53.5 Å². The molecule has 2 bridgehead atoms. The molecule has 2 saturated heterocycles. The van der Waals surface area contributed by atoms with Crippen LogP contribution in [0, 0.1) is 6.92 Å². The van der Waals surface area contributed by atoms with Gasteiger partial charge in [0.25, 0.3) is 11.5 Å². The number of amides is 1. The molecule has 2 aliphatic rings. The van der Waals surface area contributed by atoms with Gasteiger partial charge in [-0.2, -0.15) is 0 Å². The van der Waals surface area contributed by atoms with Crippen molar-refractivity contribution in [3.63, 3.8) is 0 Å². The summed E-state index contributed by atoms with van der Waals surface area (Å²) in [6, 6.07) is 15.5. The van der Waals surface area contributed by atoms with Gasteiger partial charge in [-0.1, -0.05) is 17.7 Å². The van der Waals surface area contributed by atoms with Gasteiger partial charge in [0.05, 0.1) is 34.9 Å². The van der Waals surface area contributed by atoms with E-state index in [0.717, 1.165) is 42.6 Å². The number of hydrogen-bond acceptors (Lipinski definition) is 10. The van der Waals surface area contributed by atoms with Gasteiger partial charge in [-0.15, -0.1) is 0 Å². The van der Waals surface area contributed by atoms with E-state index in [1.807, 2.05) is 44.8 Å². The Morgan fingerprint density at radius 3 is 2.35 bits per heavy atom. The molecular formula is C32H37ClN8O4S. The maximum atomic E-state index is 13.8. The van der Waals surface area contributed by atoms with Crippen LogP contribution in [0.5, 0.6) is 0 Å². The SMILES string of the molecule is Cc1cc([C@@H](C)Nc2ccc(Cl)nc2C(=O)NS(C)(=O)=O)c2nc(N3C[C@H]4C[C@H]3CN4c3ccc(N(C)C)cc3)n(C)c(=O)c2c1. The molecule has 0 aliphatic carbocycles. The number of fused-ring (bicyclic) bond motifs is 3. The number of hydrogen-bond donors (Lipinski definition) is 2. The standard InChI is InChI=1S/C32H37ClN8O4S/c1-18-13-24(19(2)34-26-11-12-27(33)35-29(26)30(42)37-46(6,44)45)28-25(14-18)31(43)39(5)32(36-28)41-17-22-15-23(41)16-40(22)21-9-7-20(8-10-21)38(3)4/h7-14,19,22-23,34H,15-17H2,1-6H3,(H,37,42)/t19-,22-,23+/m1/s1. The van der Waals surface area contributed by atoms with Crippen molar-refractivity contribution in [2.45, 2.75) is 38.4 Å². The molecule has 2 aliphatic heterocycles. The highest BCUT2D eigenvalue weighted by molar-refractivity contribution is 7.89. The summed E-state index contributed by atoms with van der Waals surface area (Å²) in [4.78, 5) is 42.6. The smallest absolute Gasteiger partial charge is 0.285 e. The van der Waals surface area contributed by atoms with Crippen LogP contribution in [0.25, 0.3) is 10.9 Å². The first kappa shape index (κ1) is 31.6. The predicted molar refractivity (Wildman–Crippen MR) is 183 cm³/mol. The number of nitrogens with zero attached hydrogens (tertiary/aromatic N) is 6. The molecule has 6 rings (SSSR count). The molecule has 14 heteroatoms. The van der Waals surface area contributed by atoms with Gasteiger partial charge < -0.3 is 20.0 Å². The van der Waals surface area contributed by atoms with Gasteiger partial charge in [0.15, 0.2) is 5.69 Å². The second kappa shape index (κ2) is 11.8. The summed E-state index contributed by atoms with van der Waals surface area (Å²) in [6.07, 6.45) is 1.87. The van der Waals surface area contributed by atoms with Crippen LogP contribution in [-0.4, -0.2) is 74.4 Å². The summed E-state index contributed by atoms with van der Waals surface area (Å²) in [5.74, 6) is -0.291. The van der Waals surface area contributed by atoms with E-state index in [1.54, 1.807) is 17.7 Å². The molecule has 2 aromatic heterocycles. The van der Waals surface area contributed by atoms with E-state index in [9.17, 15) is 18.0 Å². The summed E-state index contributed by atoms with van der Waals surface area (Å²) < 4.78 is 27.1. The quantitative estimate of drug-likeness (QED) is 0.269. The fraction of sp³-hybridized carbons (Fsp3) is 0.375. The first-order valence-electron chi connectivity index (χ1n) is 15.0. The first-order chi connectivity index (χ1) is 21.7. The van der Waals surface area contributed by atoms with E-state index in [4.69, 9.17) is 16.6 Å². The number of carbonyl (C=O) groups excluding carboxylic acids is 1. The van der Waals surface area contributed by atoms with Crippen molar-refractivity contribution in [1.29, 1.82) is 0 Å². The minimum absolute atomic E-state index is 0.0386. The zero-order valence-electron chi connectivity index (χ0n) is 26.6. The molecule has 2 aromatic carbocycles. The van der Waals surface area contributed by atoms with Crippen LogP contribution in [0.4, 0.5) is 23.0 Å². The first-order valence-corrected chi connectivity index (χ1v) is 17.2. The highest BCUT2D eigenvalue weighted by Crippen LogP contribution is 2.38. The number of benzene rings is 2. The molecule has 4 aromatic rings. The lowest BCUT2D eigenvalue weighted by Gasteiger charge is -2.37. The van der Waals surface area contributed by atoms with Gasteiger partial charge in [0.1, 0.15) is 5.15 Å². The maximum absolute atomic E-state index is 13.8. The van der Waals surface area contributed by atoms with E-state index in [2.05, 4.69) is 49.3 Å². The Morgan fingerprint density at radius 2 is 1.72 bits per heavy atom. The Labute approximate surface area is 273 Å². The Kier molecular flexibility index (Phi) is 8.09. The second-order valence-corrected chi connectivity index (χ2v) is 14.5. The molecular weight excluding hydrogens is 628 g/mol. The number of nitrogens with one attached hydrogen (secondary N) is 2. The summed E-state index contributed by atoms with van der Waals surface area (Å²) >= 11 is 6.06. The van der Waals surface area contributed by atoms with Crippen LogP contribution in [0.1, 0.15) is 41.0 Å². The van der Waals surface area contributed by atoms with Gasteiger partial charge in [-0.25, -0.2) is 23.1 Å². The zero-order valence-corrected chi connectivity index (χ0v) is 28.1. The zero-order chi connectivity index (χ0) is 33.1. The van der Waals surface area contributed by atoms with Crippen LogP contribution in [-0.2, 0) is 17.1 Å². The molecule has 0 spiro atoms. The van der Waals surface area contributed by atoms with Gasteiger partial charge in [0.2, 0.25) is 16.0 Å². The Balaban J connectivity index is 1.32. The summed E-state index contributed by atoms with van der Waals surface area (Å²) in [5, 5.41) is 3.81. The van der Waals surface area contributed by atoms with Crippen LogP contribution in [0.2, 0.25) is 5.15 Å². The fourth-order valence-corrected chi connectivity index (χ4v) is 7.13. The molecule has 1 amide bonds. The number of aryl methyl sites for hydroxylation is 1. The summed E-state index contributed by atoms with van der Waals surface area (Å²) in [5.41, 5.74) is 4.52. The fourth-order valence-electron chi connectivity index (χ4n) is 6.55. The molecule has 12 nitrogen and oxygen atoms in total.